The number of carbonyl (C=O) groups excluding carboxylic acids is 1. The van der Waals surface area contributed by atoms with E-state index in [2.05, 4.69) is 32.5 Å². The van der Waals surface area contributed by atoms with Crippen LogP contribution in [0.15, 0.2) is 47.8 Å². The van der Waals surface area contributed by atoms with E-state index in [1.807, 2.05) is 41.7 Å². The fourth-order valence-corrected chi connectivity index (χ4v) is 7.13. The predicted octanol–water partition coefficient (Wildman–Crippen LogP) is 4.98. The van der Waals surface area contributed by atoms with E-state index in [-0.39, 0.29) is 11.3 Å². The maximum absolute atomic E-state index is 13.3. The largest absolute Gasteiger partial charge is 0.388 e. The number of amides is 1. The Morgan fingerprint density at radius 2 is 1.95 bits per heavy atom. The number of hydrogen-bond acceptors (Lipinski definition) is 9. The molecule has 4 heterocycles. The van der Waals surface area contributed by atoms with Gasteiger partial charge in [0, 0.05) is 60.3 Å². The maximum Gasteiger partial charge on any atom is 0.253 e. The number of allylic oxidation sites excluding steroid dienone is 1. The molecule has 2 aliphatic heterocycles. The Balaban J connectivity index is 1.05. The molecule has 1 aliphatic carbocycles. The fraction of sp³-hybridized carbons (Fsp3) is 0.481. The van der Waals surface area contributed by atoms with Gasteiger partial charge in [0.2, 0.25) is 5.95 Å². The summed E-state index contributed by atoms with van der Waals surface area (Å²) in [7, 11) is 0. The molecule has 1 saturated carbocycles. The molecule has 6 rings (SSSR count). The van der Waals surface area contributed by atoms with Gasteiger partial charge in [-0.05, 0) is 68.4 Å². The number of thiazole rings is 1. The molecule has 3 N–H and O–H groups in total. The van der Waals surface area contributed by atoms with Crippen LogP contribution in [-0.2, 0) is 0 Å². The molecule has 3 aliphatic rings. The molecule has 1 aromatic carbocycles. The van der Waals surface area contributed by atoms with E-state index in [9.17, 15) is 4.79 Å². The molecule has 10 heteroatoms. The summed E-state index contributed by atoms with van der Waals surface area (Å²) in [6, 6.07) is 6.62. The number of benzene rings is 1. The van der Waals surface area contributed by atoms with Crippen molar-refractivity contribution in [2.45, 2.75) is 55.5 Å². The summed E-state index contributed by atoms with van der Waals surface area (Å²) in [4.78, 5) is 30.0. The summed E-state index contributed by atoms with van der Waals surface area (Å²) in [5, 5.41) is 11.4. The molecule has 1 spiro atoms. The number of carbonyl (C=O) groups is 1. The number of rotatable bonds is 6. The highest BCUT2D eigenvalue weighted by Gasteiger charge is 2.39. The number of nitrogens with zero attached hydrogens (tertiary/aromatic N) is 4. The minimum absolute atomic E-state index is 0.127. The van der Waals surface area contributed by atoms with Gasteiger partial charge in [-0.15, -0.1) is 11.8 Å². The molecule has 2 atom stereocenters. The average molecular weight is 536 g/mol. The van der Waals surface area contributed by atoms with E-state index in [1.165, 1.54) is 0 Å². The molecule has 0 unspecified atom stereocenters. The summed E-state index contributed by atoms with van der Waals surface area (Å²) in [6.45, 7) is 6.70. The summed E-state index contributed by atoms with van der Waals surface area (Å²) >= 11 is 3.27. The van der Waals surface area contributed by atoms with Gasteiger partial charge in [-0.1, -0.05) is 17.9 Å². The van der Waals surface area contributed by atoms with Gasteiger partial charge in [0.25, 0.3) is 5.91 Å². The lowest BCUT2D eigenvalue weighted by Crippen LogP contribution is -2.44. The van der Waals surface area contributed by atoms with Crippen LogP contribution in [0.3, 0.4) is 0 Å². The first-order valence-corrected chi connectivity index (χ1v) is 15.0. The number of likely N-dealkylation sites (tertiary alicyclic amines) is 1. The molecule has 194 valence electrons. The third-order valence-electron chi connectivity index (χ3n) is 8.01. The van der Waals surface area contributed by atoms with E-state index in [0.717, 1.165) is 89.7 Å². The predicted molar refractivity (Wildman–Crippen MR) is 151 cm³/mol. The molecule has 3 aromatic rings. The van der Waals surface area contributed by atoms with E-state index >= 15 is 0 Å². The molecule has 0 radical (unpaired) electrons. The third-order valence-corrected chi connectivity index (χ3v) is 9.64. The Hall–Kier alpha value is -2.85. The topological polar surface area (TPSA) is 95.1 Å². The van der Waals surface area contributed by atoms with Gasteiger partial charge < -0.3 is 20.9 Å². The van der Waals surface area contributed by atoms with Crippen LogP contribution in [0.25, 0.3) is 10.2 Å². The maximum atomic E-state index is 13.3. The molecule has 2 aromatic heterocycles. The van der Waals surface area contributed by atoms with E-state index in [4.69, 9.17) is 4.98 Å². The van der Waals surface area contributed by atoms with Crippen LogP contribution >= 0.6 is 23.1 Å². The third kappa shape index (κ3) is 5.27. The lowest BCUT2D eigenvalue weighted by atomic mass is 9.77. The molecule has 8 nitrogen and oxygen atoms in total. The first-order valence-electron chi connectivity index (χ1n) is 13.0. The van der Waals surface area contributed by atoms with E-state index in [0.29, 0.717) is 18.0 Å². The first kappa shape index (κ1) is 24.5. The number of hydrogen-bond donors (Lipinski definition) is 3. The van der Waals surface area contributed by atoms with Crippen molar-refractivity contribution in [2.24, 2.45) is 5.41 Å². The van der Waals surface area contributed by atoms with E-state index in [1.54, 1.807) is 23.1 Å². The minimum atomic E-state index is 0.127. The monoisotopic (exact) mass is 535 g/mol. The van der Waals surface area contributed by atoms with Crippen molar-refractivity contribution < 1.29 is 4.79 Å². The zero-order valence-electron chi connectivity index (χ0n) is 21.1. The van der Waals surface area contributed by atoms with E-state index < -0.39 is 0 Å². The number of fused-ring (bicyclic) bond motifs is 1. The van der Waals surface area contributed by atoms with Crippen molar-refractivity contribution in [3.63, 3.8) is 0 Å². The van der Waals surface area contributed by atoms with Crippen molar-refractivity contribution in [1.29, 1.82) is 0 Å². The van der Waals surface area contributed by atoms with Crippen LogP contribution in [0.4, 0.5) is 11.1 Å². The smallest absolute Gasteiger partial charge is 0.253 e. The van der Waals surface area contributed by atoms with Crippen LogP contribution in [0.1, 0.15) is 48.9 Å². The number of nitrogens with one attached hydrogen (secondary N) is 3. The second kappa shape index (κ2) is 10.1. The Kier molecular flexibility index (Phi) is 6.71. The van der Waals surface area contributed by atoms with Crippen LogP contribution in [0.5, 0.6) is 0 Å². The van der Waals surface area contributed by atoms with Crippen molar-refractivity contribution in [1.82, 2.24) is 25.2 Å². The normalized spacial score (nSPS) is 22.9. The van der Waals surface area contributed by atoms with Crippen molar-refractivity contribution >= 4 is 50.3 Å². The zero-order chi connectivity index (χ0) is 25.4. The minimum Gasteiger partial charge on any atom is -0.388 e. The lowest BCUT2D eigenvalue weighted by molar-refractivity contribution is 0.0610. The van der Waals surface area contributed by atoms with Crippen molar-refractivity contribution in [3.8, 4) is 0 Å². The van der Waals surface area contributed by atoms with Gasteiger partial charge in [0.1, 0.15) is 0 Å². The van der Waals surface area contributed by atoms with Gasteiger partial charge >= 0.3 is 0 Å². The highest BCUT2D eigenvalue weighted by molar-refractivity contribution is 7.98. The van der Waals surface area contributed by atoms with Gasteiger partial charge in [-0.3, -0.25) is 4.79 Å². The SMILES string of the molecule is C=C1CC2(CCN(C(=O)c3ccc4nc(N[C@H]5CC[C@H](Nc6ncc(SC)cn6)C5)sc4c3)CC2)CN1. The van der Waals surface area contributed by atoms with Crippen LogP contribution in [0, 0.1) is 5.41 Å². The second-order valence-electron chi connectivity index (χ2n) is 10.6. The zero-order valence-corrected chi connectivity index (χ0v) is 22.8. The van der Waals surface area contributed by atoms with Gasteiger partial charge in [0.05, 0.1) is 10.2 Å². The molecule has 1 amide bonds. The quantitative estimate of drug-likeness (QED) is 0.381. The summed E-state index contributed by atoms with van der Waals surface area (Å²) in [5.41, 5.74) is 3.12. The van der Waals surface area contributed by atoms with Gasteiger partial charge in [-0.2, -0.15) is 0 Å². The highest BCUT2D eigenvalue weighted by atomic mass is 32.2. The molecule has 2 saturated heterocycles. The van der Waals surface area contributed by atoms with Crippen LogP contribution in [-0.4, -0.2) is 63.7 Å². The van der Waals surface area contributed by atoms with Crippen molar-refractivity contribution in [3.05, 3.63) is 48.4 Å². The molecule has 0 bridgehead atoms. The second-order valence-corrected chi connectivity index (χ2v) is 12.5. The first-order chi connectivity index (χ1) is 18.0. The number of thioether (sulfide) groups is 1. The Morgan fingerprint density at radius 3 is 2.65 bits per heavy atom. The molecule has 37 heavy (non-hydrogen) atoms. The number of anilines is 2. The molecular formula is C27H33N7OS2. The van der Waals surface area contributed by atoms with Gasteiger partial charge in [0.15, 0.2) is 5.13 Å². The molecular weight excluding hydrogens is 502 g/mol. The summed E-state index contributed by atoms with van der Waals surface area (Å²) < 4.78 is 1.05. The standard InChI is InChI=1S/C27H33N7OS2/c1-17-13-27(16-30-17)7-9-34(10-8-27)24(35)18-3-6-22-23(11-18)37-26(33-22)32-20-5-4-19(12-20)31-25-28-14-21(36-2)15-29-25/h3,6,11,14-15,19-20,30H,1,4-5,7-10,12-13,16H2,2H3,(H,32,33)(H,28,29,31)/t19-,20-/m0/s1. The van der Waals surface area contributed by atoms with Gasteiger partial charge in [-0.25, -0.2) is 15.0 Å². The van der Waals surface area contributed by atoms with Crippen LogP contribution in [0.2, 0.25) is 0 Å². The summed E-state index contributed by atoms with van der Waals surface area (Å²) in [6.07, 6.45) is 12.0. The Morgan fingerprint density at radius 1 is 1.19 bits per heavy atom. The average Bonchev–Trinajstić information content (AvgIpc) is 3.63. The lowest BCUT2D eigenvalue weighted by Gasteiger charge is -2.38. The Labute approximate surface area is 225 Å². The molecule has 3 fully saturated rings. The van der Waals surface area contributed by atoms with Crippen molar-refractivity contribution in [2.75, 3.05) is 36.5 Å². The summed E-state index contributed by atoms with van der Waals surface area (Å²) in [5.74, 6) is 0.816. The number of piperidine rings is 1. The van der Waals surface area contributed by atoms with Crippen LogP contribution < -0.4 is 16.0 Å². The highest BCUT2D eigenvalue weighted by Crippen LogP contribution is 2.40. The fourth-order valence-electron chi connectivity index (χ4n) is 5.83. The Bertz CT molecular complexity index is 1300. The number of aromatic nitrogens is 3.